The third-order valence-corrected chi connectivity index (χ3v) is 1.63. The Kier molecular flexibility index (Phi) is 3.39. The standard InChI is InChI=1S/C9H9F2NO2/c1-6(12-13)7-3-2-4-8(5-7)14-9(10)11/h2-5,9,13H,1H3. The van der Waals surface area contributed by atoms with Gasteiger partial charge in [0.05, 0.1) is 5.71 Å². The molecule has 0 radical (unpaired) electrons. The Bertz CT molecular complexity index is 339. The predicted octanol–water partition coefficient (Wildman–Crippen LogP) is 2.49. The molecule has 0 saturated carbocycles. The number of hydrogen-bond donors (Lipinski definition) is 1. The van der Waals surface area contributed by atoms with Gasteiger partial charge >= 0.3 is 6.61 Å². The van der Waals surface area contributed by atoms with Crippen molar-refractivity contribution < 1.29 is 18.7 Å². The zero-order chi connectivity index (χ0) is 10.6. The molecule has 0 fully saturated rings. The molecule has 0 aliphatic carbocycles. The molecule has 0 atom stereocenters. The Morgan fingerprint density at radius 1 is 1.50 bits per heavy atom. The van der Waals surface area contributed by atoms with Crippen LogP contribution in [0.4, 0.5) is 8.78 Å². The van der Waals surface area contributed by atoms with E-state index in [0.717, 1.165) is 0 Å². The number of nitrogens with zero attached hydrogens (tertiary/aromatic N) is 1. The molecule has 0 bridgehead atoms. The first kappa shape index (κ1) is 10.4. The maximum Gasteiger partial charge on any atom is 0.387 e. The van der Waals surface area contributed by atoms with Gasteiger partial charge in [-0.2, -0.15) is 8.78 Å². The minimum absolute atomic E-state index is 0.0421. The minimum Gasteiger partial charge on any atom is -0.435 e. The molecular formula is C9H9F2NO2. The third-order valence-electron chi connectivity index (χ3n) is 1.63. The lowest BCUT2D eigenvalue weighted by Crippen LogP contribution is -2.03. The summed E-state index contributed by atoms with van der Waals surface area (Å²) in [5.41, 5.74) is 0.871. The van der Waals surface area contributed by atoms with Crippen molar-refractivity contribution in [2.75, 3.05) is 0 Å². The second-order valence-electron chi connectivity index (χ2n) is 2.59. The predicted molar refractivity (Wildman–Crippen MR) is 47.1 cm³/mol. The van der Waals surface area contributed by atoms with Crippen molar-refractivity contribution in [2.45, 2.75) is 13.5 Å². The summed E-state index contributed by atoms with van der Waals surface area (Å²) in [7, 11) is 0. The monoisotopic (exact) mass is 201 g/mol. The highest BCUT2D eigenvalue weighted by Gasteiger charge is 2.05. The van der Waals surface area contributed by atoms with Gasteiger partial charge in [0.1, 0.15) is 5.75 Å². The molecule has 1 aromatic rings. The van der Waals surface area contributed by atoms with Gasteiger partial charge in [0.2, 0.25) is 0 Å². The van der Waals surface area contributed by atoms with E-state index in [9.17, 15) is 8.78 Å². The van der Waals surface area contributed by atoms with Crippen molar-refractivity contribution in [1.29, 1.82) is 0 Å². The Hall–Kier alpha value is -1.65. The molecule has 0 amide bonds. The molecule has 0 heterocycles. The smallest absolute Gasteiger partial charge is 0.387 e. The maximum absolute atomic E-state index is 11.8. The van der Waals surface area contributed by atoms with Crippen LogP contribution >= 0.6 is 0 Å². The van der Waals surface area contributed by atoms with Gasteiger partial charge in [0.15, 0.2) is 0 Å². The molecule has 0 spiro atoms. The molecule has 5 heteroatoms. The summed E-state index contributed by atoms with van der Waals surface area (Å²) in [6.07, 6.45) is 0. The summed E-state index contributed by atoms with van der Waals surface area (Å²) < 4.78 is 27.8. The molecule has 3 nitrogen and oxygen atoms in total. The Balaban J connectivity index is 2.90. The number of benzene rings is 1. The molecule has 0 saturated heterocycles. The van der Waals surface area contributed by atoms with Crippen LogP contribution < -0.4 is 4.74 Å². The molecule has 14 heavy (non-hydrogen) atoms. The van der Waals surface area contributed by atoms with Crippen molar-refractivity contribution in [3.8, 4) is 5.75 Å². The first-order valence-corrected chi connectivity index (χ1v) is 3.87. The average molecular weight is 201 g/mol. The zero-order valence-electron chi connectivity index (χ0n) is 7.45. The quantitative estimate of drug-likeness (QED) is 0.463. The van der Waals surface area contributed by atoms with Crippen molar-refractivity contribution in [3.05, 3.63) is 29.8 Å². The van der Waals surface area contributed by atoms with E-state index >= 15 is 0 Å². The first-order chi connectivity index (χ1) is 6.63. The molecule has 0 aliphatic rings. The molecule has 76 valence electrons. The van der Waals surface area contributed by atoms with Crippen molar-refractivity contribution >= 4 is 5.71 Å². The minimum atomic E-state index is -2.85. The summed E-state index contributed by atoms with van der Waals surface area (Å²) in [6.45, 7) is -1.29. The summed E-state index contributed by atoms with van der Waals surface area (Å²) >= 11 is 0. The molecular weight excluding hydrogens is 192 g/mol. The van der Waals surface area contributed by atoms with E-state index in [1.54, 1.807) is 19.1 Å². The Morgan fingerprint density at radius 3 is 2.79 bits per heavy atom. The summed E-state index contributed by atoms with van der Waals surface area (Å²) in [6, 6.07) is 5.95. The van der Waals surface area contributed by atoms with E-state index in [1.165, 1.54) is 12.1 Å². The van der Waals surface area contributed by atoms with Crippen LogP contribution in [0.25, 0.3) is 0 Å². The van der Waals surface area contributed by atoms with E-state index in [0.29, 0.717) is 11.3 Å². The zero-order valence-corrected chi connectivity index (χ0v) is 7.45. The highest BCUT2D eigenvalue weighted by atomic mass is 19.3. The highest BCUT2D eigenvalue weighted by Crippen LogP contribution is 2.16. The second kappa shape index (κ2) is 4.55. The molecule has 1 N–H and O–H groups in total. The topological polar surface area (TPSA) is 41.8 Å². The summed E-state index contributed by atoms with van der Waals surface area (Å²) in [5.74, 6) is 0.0421. The van der Waals surface area contributed by atoms with Crippen molar-refractivity contribution in [3.63, 3.8) is 0 Å². The second-order valence-corrected chi connectivity index (χ2v) is 2.59. The van der Waals surface area contributed by atoms with Crippen LogP contribution in [0, 0.1) is 0 Å². The molecule has 0 aromatic heterocycles. The number of halogens is 2. The van der Waals surface area contributed by atoms with Gasteiger partial charge in [-0.25, -0.2) is 0 Å². The number of alkyl halides is 2. The van der Waals surface area contributed by atoms with Gasteiger partial charge in [-0.3, -0.25) is 0 Å². The lowest BCUT2D eigenvalue weighted by molar-refractivity contribution is -0.0498. The highest BCUT2D eigenvalue weighted by molar-refractivity contribution is 5.98. The summed E-state index contributed by atoms with van der Waals surface area (Å²) in [5, 5.41) is 11.4. The number of ether oxygens (including phenoxy) is 1. The van der Waals surface area contributed by atoms with Crippen molar-refractivity contribution in [1.82, 2.24) is 0 Å². The fourth-order valence-electron chi connectivity index (χ4n) is 0.955. The van der Waals surface area contributed by atoms with Crippen LogP contribution in [0.2, 0.25) is 0 Å². The van der Waals surface area contributed by atoms with Crippen LogP contribution in [0.1, 0.15) is 12.5 Å². The van der Waals surface area contributed by atoms with Crippen molar-refractivity contribution in [2.24, 2.45) is 5.16 Å². The van der Waals surface area contributed by atoms with E-state index < -0.39 is 6.61 Å². The van der Waals surface area contributed by atoms with Gasteiger partial charge < -0.3 is 9.94 Å². The number of rotatable bonds is 3. The van der Waals surface area contributed by atoms with Crippen LogP contribution in [0.15, 0.2) is 29.4 Å². The molecule has 0 unspecified atom stereocenters. The first-order valence-electron chi connectivity index (χ1n) is 3.87. The van der Waals surface area contributed by atoms with Crippen LogP contribution in [-0.2, 0) is 0 Å². The SMILES string of the molecule is CC(=NO)c1cccc(OC(F)F)c1. The molecule has 1 rings (SSSR count). The normalized spacial score (nSPS) is 11.9. The fraction of sp³-hybridized carbons (Fsp3) is 0.222. The van der Waals surface area contributed by atoms with Gasteiger partial charge in [0, 0.05) is 5.56 Å². The lowest BCUT2D eigenvalue weighted by Gasteiger charge is -2.05. The van der Waals surface area contributed by atoms with Gasteiger partial charge in [-0.05, 0) is 19.1 Å². The Labute approximate surface area is 79.6 Å². The van der Waals surface area contributed by atoms with Gasteiger partial charge in [-0.15, -0.1) is 0 Å². The lowest BCUT2D eigenvalue weighted by atomic mass is 10.1. The number of hydrogen-bond acceptors (Lipinski definition) is 3. The number of oxime groups is 1. The van der Waals surface area contributed by atoms with Crippen LogP contribution in [-0.4, -0.2) is 17.5 Å². The van der Waals surface area contributed by atoms with E-state index in [2.05, 4.69) is 9.89 Å². The van der Waals surface area contributed by atoms with E-state index in [4.69, 9.17) is 5.21 Å². The molecule has 1 aromatic carbocycles. The third kappa shape index (κ3) is 2.69. The fourth-order valence-corrected chi connectivity index (χ4v) is 0.955. The van der Waals surface area contributed by atoms with Crippen LogP contribution in [0.5, 0.6) is 5.75 Å². The maximum atomic E-state index is 11.8. The average Bonchev–Trinajstić information content (AvgIpc) is 2.16. The summed E-state index contributed by atoms with van der Waals surface area (Å²) in [4.78, 5) is 0. The molecule has 0 aliphatic heterocycles. The van der Waals surface area contributed by atoms with Gasteiger partial charge in [0.25, 0.3) is 0 Å². The van der Waals surface area contributed by atoms with E-state index in [1.807, 2.05) is 0 Å². The van der Waals surface area contributed by atoms with E-state index in [-0.39, 0.29) is 5.75 Å². The largest absolute Gasteiger partial charge is 0.435 e. The van der Waals surface area contributed by atoms with Crippen LogP contribution in [0.3, 0.4) is 0 Å². The Morgan fingerprint density at radius 2 is 2.21 bits per heavy atom. The van der Waals surface area contributed by atoms with Gasteiger partial charge in [-0.1, -0.05) is 17.3 Å².